The van der Waals surface area contributed by atoms with E-state index in [0.717, 1.165) is 18.2 Å². The van der Waals surface area contributed by atoms with E-state index >= 15 is 0 Å². The number of hydrogen-bond donors (Lipinski definition) is 2. The third kappa shape index (κ3) is 3.49. The first-order valence-corrected chi connectivity index (χ1v) is 6.38. The number of halogens is 1. The zero-order valence-electron chi connectivity index (χ0n) is 9.51. The van der Waals surface area contributed by atoms with Crippen molar-refractivity contribution in [3.63, 3.8) is 0 Å². The number of hydrogen-bond acceptors (Lipinski definition) is 4. The van der Waals surface area contributed by atoms with Crippen LogP contribution >= 0.6 is 0 Å². The Morgan fingerprint density at radius 1 is 1.50 bits per heavy atom. The number of carboxylic acids is 1. The van der Waals surface area contributed by atoms with Crippen LogP contribution in [0.15, 0.2) is 23.1 Å². The molecule has 18 heavy (non-hydrogen) atoms. The van der Waals surface area contributed by atoms with Crippen LogP contribution in [0, 0.1) is 5.82 Å². The van der Waals surface area contributed by atoms with Crippen molar-refractivity contribution < 1.29 is 27.4 Å². The molecule has 100 valence electrons. The lowest BCUT2D eigenvalue weighted by Gasteiger charge is -2.07. The van der Waals surface area contributed by atoms with Crippen LogP contribution in [0.25, 0.3) is 0 Å². The minimum absolute atomic E-state index is 0.0403. The topological polar surface area (TPSA) is 92.7 Å². The fourth-order valence-corrected chi connectivity index (χ4v) is 2.24. The molecule has 0 aliphatic carbocycles. The van der Waals surface area contributed by atoms with Gasteiger partial charge in [0.25, 0.3) is 0 Å². The van der Waals surface area contributed by atoms with Gasteiger partial charge < -0.3 is 9.84 Å². The van der Waals surface area contributed by atoms with E-state index in [9.17, 15) is 17.6 Å². The molecule has 0 aliphatic heterocycles. The van der Waals surface area contributed by atoms with E-state index in [4.69, 9.17) is 5.11 Å². The van der Waals surface area contributed by atoms with Gasteiger partial charge in [0.1, 0.15) is 5.82 Å². The number of benzene rings is 1. The van der Waals surface area contributed by atoms with Gasteiger partial charge in [-0.25, -0.2) is 22.3 Å². The molecule has 0 fully saturated rings. The van der Waals surface area contributed by atoms with E-state index in [1.807, 2.05) is 0 Å². The van der Waals surface area contributed by atoms with Gasteiger partial charge in [0.15, 0.2) is 0 Å². The van der Waals surface area contributed by atoms with E-state index < -0.39 is 27.4 Å². The minimum atomic E-state index is -3.87. The molecular formula is C10H12FNO5S. The molecule has 0 bridgehead atoms. The Bertz CT molecular complexity index is 543. The predicted octanol–water partition coefficient (Wildman–Crippen LogP) is 0.449. The summed E-state index contributed by atoms with van der Waals surface area (Å²) in [5.74, 6) is -2.51. The van der Waals surface area contributed by atoms with Crippen LogP contribution in [0.4, 0.5) is 4.39 Å². The SMILES string of the molecule is COCCNS(=O)(=O)c1ccc(F)c(C(=O)O)c1. The maximum atomic E-state index is 13.1. The molecule has 0 radical (unpaired) electrons. The van der Waals surface area contributed by atoms with Gasteiger partial charge in [-0.2, -0.15) is 0 Å². The summed E-state index contributed by atoms with van der Waals surface area (Å²) in [7, 11) is -2.45. The molecule has 0 saturated carbocycles. The third-order valence-corrected chi connectivity index (χ3v) is 3.54. The maximum Gasteiger partial charge on any atom is 0.338 e. The van der Waals surface area contributed by atoms with Gasteiger partial charge >= 0.3 is 5.97 Å². The van der Waals surface area contributed by atoms with Gasteiger partial charge in [-0.1, -0.05) is 0 Å². The maximum absolute atomic E-state index is 13.1. The van der Waals surface area contributed by atoms with Crippen molar-refractivity contribution in [1.82, 2.24) is 4.72 Å². The number of methoxy groups -OCH3 is 1. The highest BCUT2D eigenvalue weighted by Gasteiger charge is 2.18. The molecule has 0 atom stereocenters. The third-order valence-electron chi connectivity index (χ3n) is 2.08. The molecule has 0 heterocycles. The second-order valence-corrected chi connectivity index (χ2v) is 5.10. The number of rotatable bonds is 6. The zero-order valence-corrected chi connectivity index (χ0v) is 10.3. The molecule has 0 aliphatic rings. The summed E-state index contributed by atoms with van der Waals surface area (Å²) in [5, 5.41) is 8.69. The van der Waals surface area contributed by atoms with Crippen LogP contribution in [-0.4, -0.2) is 39.8 Å². The summed E-state index contributed by atoms with van der Waals surface area (Å²) >= 11 is 0. The van der Waals surface area contributed by atoms with Gasteiger partial charge in [-0.3, -0.25) is 0 Å². The largest absolute Gasteiger partial charge is 0.478 e. The number of ether oxygens (including phenoxy) is 1. The van der Waals surface area contributed by atoms with Crippen molar-refractivity contribution in [2.75, 3.05) is 20.3 Å². The molecule has 1 rings (SSSR count). The number of aromatic carboxylic acids is 1. The van der Waals surface area contributed by atoms with Gasteiger partial charge in [0.2, 0.25) is 10.0 Å². The van der Waals surface area contributed by atoms with Crippen molar-refractivity contribution >= 4 is 16.0 Å². The monoisotopic (exact) mass is 277 g/mol. The molecule has 6 nitrogen and oxygen atoms in total. The van der Waals surface area contributed by atoms with Gasteiger partial charge in [0, 0.05) is 13.7 Å². The molecule has 0 saturated heterocycles. The van der Waals surface area contributed by atoms with Crippen LogP contribution in [0.1, 0.15) is 10.4 Å². The molecule has 0 spiro atoms. The molecule has 0 amide bonds. The highest BCUT2D eigenvalue weighted by atomic mass is 32.2. The predicted molar refractivity (Wildman–Crippen MR) is 60.4 cm³/mol. The first kappa shape index (κ1) is 14.6. The Balaban J connectivity index is 3.02. The van der Waals surface area contributed by atoms with Crippen molar-refractivity contribution in [1.29, 1.82) is 0 Å². The summed E-state index contributed by atoms with van der Waals surface area (Å²) in [6.07, 6.45) is 0. The van der Waals surface area contributed by atoms with Crippen LogP contribution < -0.4 is 4.72 Å². The molecule has 1 aromatic rings. The first-order valence-electron chi connectivity index (χ1n) is 4.90. The highest BCUT2D eigenvalue weighted by molar-refractivity contribution is 7.89. The Hall–Kier alpha value is -1.51. The normalized spacial score (nSPS) is 11.4. The summed E-state index contributed by atoms with van der Waals surface area (Å²) in [5.41, 5.74) is -0.690. The summed E-state index contributed by atoms with van der Waals surface area (Å²) in [6.45, 7) is 0.213. The van der Waals surface area contributed by atoms with E-state index in [1.54, 1.807) is 0 Å². The average molecular weight is 277 g/mol. The lowest BCUT2D eigenvalue weighted by molar-refractivity contribution is 0.0691. The molecule has 2 N–H and O–H groups in total. The second kappa shape index (κ2) is 5.89. The lowest BCUT2D eigenvalue weighted by Crippen LogP contribution is -2.27. The first-order chi connectivity index (χ1) is 8.38. The number of sulfonamides is 1. The van der Waals surface area contributed by atoms with Crippen LogP contribution in [0.3, 0.4) is 0 Å². The van der Waals surface area contributed by atoms with Crippen LogP contribution in [-0.2, 0) is 14.8 Å². The van der Waals surface area contributed by atoms with Crippen molar-refractivity contribution in [3.8, 4) is 0 Å². The molecule has 8 heteroatoms. The fraction of sp³-hybridized carbons (Fsp3) is 0.300. The molecule has 0 unspecified atom stereocenters. The van der Waals surface area contributed by atoms with Crippen LogP contribution in [0.5, 0.6) is 0 Å². The van der Waals surface area contributed by atoms with Gasteiger partial charge in [0.05, 0.1) is 17.1 Å². The Labute approximate surface area is 103 Å². The average Bonchev–Trinajstić information content (AvgIpc) is 2.29. The molecular weight excluding hydrogens is 265 g/mol. The van der Waals surface area contributed by atoms with Crippen LogP contribution in [0.2, 0.25) is 0 Å². The van der Waals surface area contributed by atoms with Crippen molar-refractivity contribution in [3.05, 3.63) is 29.6 Å². The Morgan fingerprint density at radius 3 is 2.72 bits per heavy atom. The smallest absolute Gasteiger partial charge is 0.338 e. The summed E-state index contributed by atoms with van der Waals surface area (Å²) in [4.78, 5) is 10.4. The molecule has 0 aromatic heterocycles. The van der Waals surface area contributed by atoms with E-state index in [-0.39, 0.29) is 18.0 Å². The fourth-order valence-electron chi connectivity index (χ4n) is 1.20. The van der Waals surface area contributed by atoms with Gasteiger partial charge in [-0.15, -0.1) is 0 Å². The number of carboxylic acid groups (broad SMARTS) is 1. The number of carbonyl (C=O) groups is 1. The van der Waals surface area contributed by atoms with Gasteiger partial charge in [-0.05, 0) is 18.2 Å². The van der Waals surface area contributed by atoms with E-state index in [1.165, 1.54) is 7.11 Å². The minimum Gasteiger partial charge on any atom is -0.478 e. The Kier molecular flexibility index (Phi) is 4.76. The summed E-state index contributed by atoms with van der Waals surface area (Å²) < 4.78 is 43.4. The summed E-state index contributed by atoms with van der Waals surface area (Å²) in [6, 6.07) is 2.57. The van der Waals surface area contributed by atoms with E-state index in [0.29, 0.717) is 0 Å². The van der Waals surface area contributed by atoms with Crippen molar-refractivity contribution in [2.24, 2.45) is 0 Å². The second-order valence-electron chi connectivity index (χ2n) is 3.34. The number of nitrogens with one attached hydrogen (secondary N) is 1. The Morgan fingerprint density at radius 2 is 2.17 bits per heavy atom. The standard InChI is InChI=1S/C10H12FNO5S/c1-17-5-4-12-18(15,16)7-2-3-9(11)8(6-7)10(13)14/h2-3,6,12H,4-5H2,1H3,(H,13,14). The quantitative estimate of drug-likeness (QED) is 0.736. The van der Waals surface area contributed by atoms with Crippen molar-refractivity contribution in [2.45, 2.75) is 4.90 Å². The molecule has 1 aromatic carbocycles. The highest BCUT2D eigenvalue weighted by Crippen LogP contribution is 2.15. The van der Waals surface area contributed by atoms with E-state index in [2.05, 4.69) is 9.46 Å². The lowest BCUT2D eigenvalue weighted by atomic mass is 10.2. The zero-order chi connectivity index (χ0) is 13.8.